The Morgan fingerprint density at radius 2 is 1.56 bits per heavy atom. The minimum absolute atomic E-state index is 0.0991. The maximum atomic E-state index is 13.6. The molecule has 0 radical (unpaired) electrons. The van der Waals surface area contributed by atoms with Crippen LogP contribution in [0.2, 0.25) is 10.0 Å². The van der Waals surface area contributed by atoms with Crippen LogP contribution in [-0.4, -0.2) is 15.8 Å². The molecule has 0 fully saturated rings. The zero-order valence-corrected chi connectivity index (χ0v) is 19.9. The molecule has 0 saturated heterocycles. The lowest BCUT2D eigenvalue weighted by atomic mass is 10.1. The number of amides is 1. The molecule has 32 heavy (non-hydrogen) atoms. The van der Waals surface area contributed by atoms with E-state index in [0.29, 0.717) is 28.7 Å². The van der Waals surface area contributed by atoms with Crippen molar-refractivity contribution in [1.29, 1.82) is 0 Å². The van der Waals surface area contributed by atoms with E-state index in [1.807, 2.05) is 96.1 Å². The lowest BCUT2D eigenvalue weighted by molar-refractivity contribution is 0.0668. The van der Waals surface area contributed by atoms with E-state index in [2.05, 4.69) is 4.98 Å². The van der Waals surface area contributed by atoms with Crippen LogP contribution in [0.1, 0.15) is 45.2 Å². The van der Waals surface area contributed by atoms with E-state index in [4.69, 9.17) is 23.2 Å². The summed E-state index contributed by atoms with van der Waals surface area (Å²) >= 11 is 14.1. The number of nitrogens with zero attached hydrogens (tertiary/aromatic N) is 2. The first-order chi connectivity index (χ1) is 15.5. The van der Waals surface area contributed by atoms with Gasteiger partial charge in [0.05, 0.1) is 11.0 Å². The SMILES string of the molecule is CC(c1ccccc1)N(Cc1ccccc1)C(=O)c1csc(Cc2c(Cl)cccc2Cl)n1. The van der Waals surface area contributed by atoms with Gasteiger partial charge >= 0.3 is 0 Å². The molecule has 162 valence electrons. The summed E-state index contributed by atoms with van der Waals surface area (Å²) in [7, 11) is 0. The predicted octanol–water partition coefficient (Wildman–Crippen LogP) is 7.44. The van der Waals surface area contributed by atoms with Crippen molar-refractivity contribution >= 4 is 40.4 Å². The Hall–Kier alpha value is -2.66. The van der Waals surface area contributed by atoms with Gasteiger partial charge in [-0.3, -0.25) is 4.79 Å². The summed E-state index contributed by atoms with van der Waals surface area (Å²) in [6.45, 7) is 2.55. The Morgan fingerprint density at radius 3 is 2.22 bits per heavy atom. The smallest absolute Gasteiger partial charge is 0.274 e. The van der Waals surface area contributed by atoms with Crippen LogP contribution in [0, 0.1) is 0 Å². The average molecular weight is 481 g/mol. The van der Waals surface area contributed by atoms with Gasteiger partial charge in [0.1, 0.15) is 5.69 Å². The Bertz CT molecular complexity index is 1170. The van der Waals surface area contributed by atoms with Crippen molar-refractivity contribution in [3.05, 3.63) is 122 Å². The summed E-state index contributed by atoms with van der Waals surface area (Å²) < 4.78 is 0. The third kappa shape index (κ3) is 5.21. The minimum atomic E-state index is -0.105. The third-order valence-corrected chi connectivity index (χ3v) is 6.92. The zero-order chi connectivity index (χ0) is 22.5. The molecule has 4 rings (SSSR count). The highest BCUT2D eigenvalue weighted by atomic mass is 35.5. The highest BCUT2D eigenvalue weighted by molar-refractivity contribution is 7.09. The number of halogens is 2. The Kier molecular flexibility index (Phi) is 7.26. The van der Waals surface area contributed by atoms with Crippen LogP contribution in [0.25, 0.3) is 0 Å². The van der Waals surface area contributed by atoms with E-state index < -0.39 is 0 Å². The maximum absolute atomic E-state index is 13.6. The first-order valence-electron chi connectivity index (χ1n) is 10.3. The molecular formula is C26H22Cl2N2OS. The van der Waals surface area contributed by atoms with Crippen molar-refractivity contribution in [3.8, 4) is 0 Å². The molecule has 0 aliphatic heterocycles. The second-order valence-electron chi connectivity index (χ2n) is 7.51. The molecule has 1 unspecified atom stereocenters. The summed E-state index contributed by atoms with van der Waals surface area (Å²) in [6, 6.07) is 25.4. The van der Waals surface area contributed by atoms with Gasteiger partial charge in [-0.05, 0) is 35.7 Å². The number of rotatable bonds is 7. The number of benzene rings is 3. The Morgan fingerprint density at radius 1 is 0.938 bits per heavy atom. The van der Waals surface area contributed by atoms with Crippen molar-refractivity contribution in [3.63, 3.8) is 0 Å². The molecule has 1 heterocycles. The van der Waals surface area contributed by atoms with Crippen LogP contribution in [-0.2, 0) is 13.0 Å². The van der Waals surface area contributed by atoms with Crippen molar-refractivity contribution < 1.29 is 4.79 Å². The normalized spacial score (nSPS) is 11.8. The van der Waals surface area contributed by atoms with Crippen LogP contribution >= 0.6 is 34.5 Å². The molecular weight excluding hydrogens is 459 g/mol. The fourth-order valence-electron chi connectivity index (χ4n) is 3.57. The van der Waals surface area contributed by atoms with Crippen LogP contribution < -0.4 is 0 Å². The third-order valence-electron chi connectivity index (χ3n) is 5.37. The van der Waals surface area contributed by atoms with E-state index in [1.165, 1.54) is 11.3 Å². The van der Waals surface area contributed by atoms with Gasteiger partial charge < -0.3 is 4.90 Å². The largest absolute Gasteiger partial charge is 0.326 e. The summed E-state index contributed by atoms with van der Waals surface area (Å²) in [5, 5.41) is 3.82. The van der Waals surface area contributed by atoms with Crippen molar-refractivity contribution in [2.75, 3.05) is 0 Å². The molecule has 0 spiro atoms. The van der Waals surface area contributed by atoms with E-state index in [9.17, 15) is 4.79 Å². The first kappa shape index (κ1) is 22.5. The molecule has 3 nitrogen and oxygen atoms in total. The molecule has 0 aliphatic carbocycles. The van der Waals surface area contributed by atoms with Crippen LogP contribution in [0.5, 0.6) is 0 Å². The number of carbonyl (C=O) groups excluding carboxylic acids is 1. The van der Waals surface area contributed by atoms with Crippen molar-refractivity contribution in [2.45, 2.75) is 25.9 Å². The molecule has 3 aromatic carbocycles. The van der Waals surface area contributed by atoms with E-state index in [0.717, 1.165) is 21.7 Å². The van der Waals surface area contributed by atoms with E-state index >= 15 is 0 Å². The molecule has 4 aromatic rings. The second-order valence-corrected chi connectivity index (χ2v) is 9.27. The van der Waals surface area contributed by atoms with Crippen LogP contribution in [0.3, 0.4) is 0 Å². The monoisotopic (exact) mass is 480 g/mol. The maximum Gasteiger partial charge on any atom is 0.274 e. The van der Waals surface area contributed by atoms with Gasteiger partial charge in [-0.1, -0.05) is 89.9 Å². The summed E-state index contributed by atoms with van der Waals surface area (Å²) in [4.78, 5) is 20.1. The number of hydrogen-bond acceptors (Lipinski definition) is 3. The van der Waals surface area contributed by atoms with Crippen molar-refractivity contribution in [1.82, 2.24) is 9.88 Å². The minimum Gasteiger partial charge on any atom is -0.326 e. The van der Waals surface area contributed by atoms with Crippen LogP contribution in [0.4, 0.5) is 0 Å². The quantitative estimate of drug-likeness (QED) is 0.275. The first-order valence-corrected chi connectivity index (χ1v) is 11.9. The molecule has 0 N–H and O–H groups in total. The second kappa shape index (κ2) is 10.3. The number of hydrogen-bond donors (Lipinski definition) is 0. The molecule has 1 atom stereocenters. The van der Waals surface area contributed by atoms with Gasteiger partial charge in [-0.15, -0.1) is 11.3 Å². The Balaban J connectivity index is 1.61. The van der Waals surface area contributed by atoms with Gasteiger partial charge in [0.15, 0.2) is 0 Å². The molecule has 6 heteroatoms. The topological polar surface area (TPSA) is 33.2 Å². The molecule has 0 bridgehead atoms. The Labute approximate surface area is 202 Å². The fourth-order valence-corrected chi connectivity index (χ4v) is 4.88. The van der Waals surface area contributed by atoms with Crippen LogP contribution in [0.15, 0.2) is 84.2 Å². The lowest BCUT2D eigenvalue weighted by Crippen LogP contribution is -2.33. The number of carbonyl (C=O) groups is 1. The molecule has 0 saturated carbocycles. The van der Waals surface area contributed by atoms with Crippen molar-refractivity contribution in [2.24, 2.45) is 0 Å². The molecule has 0 aliphatic rings. The lowest BCUT2D eigenvalue weighted by Gasteiger charge is -2.29. The van der Waals surface area contributed by atoms with E-state index in [1.54, 1.807) is 0 Å². The van der Waals surface area contributed by atoms with Gasteiger partial charge in [0.2, 0.25) is 0 Å². The summed E-state index contributed by atoms with van der Waals surface area (Å²) in [5.74, 6) is -0.0991. The van der Waals surface area contributed by atoms with Gasteiger partial charge in [-0.25, -0.2) is 4.98 Å². The highest BCUT2D eigenvalue weighted by Gasteiger charge is 2.25. The average Bonchev–Trinajstić information content (AvgIpc) is 3.29. The molecule has 1 aromatic heterocycles. The standard InChI is InChI=1S/C26H22Cl2N2OS/c1-18(20-11-6-3-7-12-20)30(16-19-9-4-2-5-10-19)26(31)24-17-32-25(29-24)15-21-22(27)13-8-14-23(21)28/h2-14,17-18H,15-16H2,1H3. The fraction of sp³-hybridized carbons (Fsp3) is 0.154. The van der Waals surface area contributed by atoms with Gasteiger partial charge in [-0.2, -0.15) is 0 Å². The molecule has 1 amide bonds. The van der Waals surface area contributed by atoms with E-state index in [-0.39, 0.29) is 11.9 Å². The van der Waals surface area contributed by atoms with Gasteiger partial charge in [0, 0.05) is 28.4 Å². The number of thiazole rings is 1. The zero-order valence-electron chi connectivity index (χ0n) is 17.5. The predicted molar refractivity (Wildman–Crippen MR) is 133 cm³/mol. The highest BCUT2D eigenvalue weighted by Crippen LogP contribution is 2.29. The number of aromatic nitrogens is 1. The summed E-state index contributed by atoms with van der Waals surface area (Å²) in [6.07, 6.45) is 0.489. The summed E-state index contributed by atoms with van der Waals surface area (Å²) in [5.41, 5.74) is 3.41. The van der Waals surface area contributed by atoms with Gasteiger partial charge in [0.25, 0.3) is 5.91 Å².